The summed E-state index contributed by atoms with van der Waals surface area (Å²) in [4.78, 5) is 0. The molecule has 130 valence electrons. The summed E-state index contributed by atoms with van der Waals surface area (Å²) in [6, 6.07) is 0. The van der Waals surface area contributed by atoms with E-state index in [1.165, 1.54) is 25.7 Å². The molecule has 2 aliphatic heterocycles. The number of fused-ring (bicyclic) bond motifs is 4. The second-order valence-corrected chi connectivity index (χ2v) is 11.6. The number of rotatable bonds is 0. The van der Waals surface area contributed by atoms with Crippen molar-refractivity contribution in [2.45, 2.75) is 51.7 Å². The Labute approximate surface area is 145 Å². The van der Waals surface area contributed by atoms with Crippen molar-refractivity contribution in [1.82, 2.24) is 0 Å². The molecule has 2 nitrogen and oxygen atoms in total. The monoisotopic (exact) mass is 326 g/mol. The average molecular weight is 326 g/mol. The van der Waals surface area contributed by atoms with E-state index in [0.717, 1.165) is 72.4 Å². The van der Waals surface area contributed by atoms with Crippen molar-refractivity contribution in [3.8, 4) is 0 Å². The molecule has 2 saturated heterocycles. The van der Waals surface area contributed by atoms with Crippen LogP contribution in [0.1, 0.15) is 39.5 Å². The van der Waals surface area contributed by atoms with Crippen LogP contribution in [0.2, 0.25) is 0 Å². The Hall–Kier alpha value is -0.0800. The third-order valence-corrected chi connectivity index (χ3v) is 11.5. The van der Waals surface area contributed by atoms with Crippen LogP contribution in [0.15, 0.2) is 0 Å². The molecule has 0 radical (unpaired) electrons. The van der Waals surface area contributed by atoms with Gasteiger partial charge in [0.05, 0.1) is 25.4 Å². The first-order valence-corrected chi connectivity index (χ1v) is 10.9. The van der Waals surface area contributed by atoms with Gasteiger partial charge in [-0.2, -0.15) is 0 Å². The summed E-state index contributed by atoms with van der Waals surface area (Å²) in [6.45, 7) is 7.54. The minimum Gasteiger partial charge on any atom is -0.377 e. The first kappa shape index (κ1) is 13.1. The van der Waals surface area contributed by atoms with E-state index in [9.17, 15) is 0 Å². The van der Waals surface area contributed by atoms with E-state index in [2.05, 4.69) is 13.8 Å². The maximum absolute atomic E-state index is 6.62. The summed E-state index contributed by atoms with van der Waals surface area (Å²) in [5, 5.41) is 0. The molecular weight excluding hydrogens is 296 g/mol. The van der Waals surface area contributed by atoms with Gasteiger partial charge in [-0.25, -0.2) is 0 Å². The Morgan fingerprint density at radius 2 is 1.04 bits per heavy atom. The Balaban J connectivity index is 1.43. The highest BCUT2D eigenvalue weighted by atomic mass is 16.5. The predicted octanol–water partition coefficient (Wildman–Crippen LogP) is 3.60. The van der Waals surface area contributed by atoms with Crippen molar-refractivity contribution in [1.29, 1.82) is 0 Å². The van der Waals surface area contributed by atoms with Crippen LogP contribution in [0.4, 0.5) is 0 Å². The van der Waals surface area contributed by atoms with E-state index >= 15 is 0 Å². The van der Waals surface area contributed by atoms with Gasteiger partial charge >= 0.3 is 0 Å². The van der Waals surface area contributed by atoms with Crippen LogP contribution < -0.4 is 0 Å². The van der Waals surface area contributed by atoms with Crippen LogP contribution in [0.5, 0.6) is 0 Å². The molecule has 8 fully saturated rings. The number of hydrogen-bond acceptors (Lipinski definition) is 2. The molecule has 14 atom stereocenters. The fourth-order valence-electron chi connectivity index (χ4n) is 11.8. The summed E-state index contributed by atoms with van der Waals surface area (Å²) >= 11 is 0. The quantitative estimate of drug-likeness (QED) is 0.677. The lowest BCUT2D eigenvalue weighted by Gasteiger charge is -2.49. The van der Waals surface area contributed by atoms with E-state index in [1.807, 2.05) is 0 Å². The minimum absolute atomic E-state index is 0.506. The van der Waals surface area contributed by atoms with Crippen LogP contribution in [-0.4, -0.2) is 25.4 Å². The molecule has 0 aromatic heterocycles. The van der Waals surface area contributed by atoms with E-state index in [1.54, 1.807) is 0 Å². The van der Waals surface area contributed by atoms with Gasteiger partial charge in [0, 0.05) is 0 Å². The van der Waals surface area contributed by atoms with Crippen molar-refractivity contribution in [2.24, 2.45) is 70.0 Å². The van der Waals surface area contributed by atoms with Crippen LogP contribution in [0.3, 0.4) is 0 Å². The second-order valence-electron chi connectivity index (χ2n) is 11.6. The fourth-order valence-corrected chi connectivity index (χ4v) is 11.8. The lowest BCUT2D eigenvalue weighted by molar-refractivity contribution is -0.143. The Morgan fingerprint density at radius 1 is 0.583 bits per heavy atom. The van der Waals surface area contributed by atoms with Gasteiger partial charge in [0.1, 0.15) is 0 Å². The van der Waals surface area contributed by atoms with Gasteiger partial charge in [-0.3, -0.25) is 0 Å². The molecule has 0 unspecified atom stereocenters. The molecule has 8 aliphatic rings. The zero-order chi connectivity index (χ0) is 15.6. The Kier molecular flexibility index (Phi) is 1.93. The smallest absolute Gasteiger partial charge is 0.0609 e. The molecule has 2 heterocycles. The molecular formula is C22H30O2. The zero-order valence-electron chi connectivity index (χ0n) is 15.0. The van der Waals surface area contributed by atoms with Gasteiger partial charge in [-0.05, 0) is 95.7 Å². The number of ether oxygens (including phenoxy) is 2. The first-order chi connectivity index (χ1) is 11.6. The van der Waals surface area contributed by atoms with Crippen LogP contribution in [0.25, 0.3) is 0 Å². The topological polar surface area (TPSA) is 18.5 Å². The van der Waals surface area contributed by atoms with Crippen molar-refractivity contribution in [3.05, 3.63) is 0 Å². The fraction of sp³-hybridized carbons (Fsp3) is 1.00. The van der Waals surface area contributed by atoms with E-state index in [0.29, 0.717) is 23.0 Å². The van der Waals surface area contributed by atoms with Crippen LogP contribution >= 0.6 is 0 Å². The lowest BCUT2D eigenvalue weighted by Crippen LogP contribution is -2.50. The van der Waals surface area contributed by atoms with E-state index in [4.69, 9.17) is 9.47 Å². The molecule has 24 heavy (non-hydrogen) atoms. The summed E-state index contributed by atoms with van der Waals surface area (Å²) in [6.07, 6.45) is 6.88. The van der Waals surface area contributed by atoms with Gasteiger partial charge in [0.2, 0.25) is 0 Å². The molecule has 2 heteroatoms. The van der Waals surface area contributed by atoms with E-state index in [-0.39, 0.29) is 0 Å². The van der Waals surface area contributed by atoms with Crippen molar-refractivity contribution in [3.63, 3.8) is 0 Å². The SMILES string of the molecule is C[C@@]12CO[C@@H]3CC[C@@H]4[C@@H]3[C@@H]1[C@H]1[C@@H]3[C@H]5[C@H]6[C@H](CC[C@H]6OC[C@@]5(C)[C@@H]41)[C@H]32. The van der Waals surface area contributed by atoms with Crippen molar-refractivity contribution < 1.29 is 9.47 Å². The molecule has 6 saturated carbocycles. The molecule has 6 aliphatic carbocycles. The molecule has 0 N–H and O–H groups in total. The molecule has 0 bridgehead atoms. The van der Waals surface area contributed by atoms with Crippen molar-refractivity contribution in [2.75, 3.05) is 13.2 Å². The summed E-state index contributed by atoms with van der Waals surface area (Å²) in [7, 11) is 0. The Bertz CT molecular complexity index is 604. The third kappa shape index (κ3) is 1.00. The largest absolute Gasteiger partial charge is 0.377 e. The van der Waals surface area contributed by atoms with Crippen LogP contribution in [0, 0.1) is 70.0 Å². The summed E-state index contributed by atoms with van der Waals surface area (Å²) in [5.41, 5.74) is 1.01. The molecule has 0 aromatic rings. The lowest BCUT2D eigenvalue weighted by atomic mass is 9.62. The first-order valence-electron chi connectivity index (χ1n) is 10.9. The molecule has 0 amide bonds. The zero-order valence-corrected chi connectivity index (χ0v) is 15.0. The van der Waals surface area contributed by atoms with Gasteiger partial charge in [-0.15, -0.1) is 0 Å². The highest BCUT2D eigenvalue weighted by Crippen LogP contribution is 2.86. The highest BCUT2D eigenvalue weighted by molar-refractivity contribution is 5.31. The second kappa shape index (κ2) is 3.52. The van der Waals surface area contributed by atoms with Crippen LogP contribution in [-0.2, 0) is 9.47 Å². The predicted molar refractivity (Wildman–Crippen MR) is 89.1 cm³/mol. The standard InChI is InChI=1S/C22H30O2/c1-21-7-23-11-6-4-10-13(11)19(21)16-15-17(21)9-3-5-12-14(9)20(15)22(2,8-24-12)18(10)16/h9-20H,3-8H2,1-2H3/t9-,10+,11-,12-,13+,14+,15+,16+,17+,18-,19-,20-,21+,22+/m1/s1. The van der Waals surface area contributed by atoms with Gasteiger partial charge in [0.15, 0.2) is 0 Å². The maximum Gasteiger partial charge on any atom is 0.0609 e. The molecule has 0 aromatic carbocycles. The Morgan fingerprint density at radius 3 is 1.50 bits per heavy atom. The highest BCUT2D eigenvalue weighted by Gasteiger charge is 2.84. The summed E-state index contributed by atoms with van der Waals surface area (Å²) < 4.78 is 13.2. The van der Waals surface area contributed by atoms with Gasteiger partial charge in [-0.1, -0.05) is 13.8 Å². The van der Waals surface area contributed by atoms with Gasteiger partial charge in [0.25, 0.3) is 0 Å². The van der Waals surface area contributed by atoms with E-state index < -0.39 is 0 Å². The molecule has 8 rings (SSSR count). The third-order valence-electron chi connectivity index (χ3n) is 11.5. The van der Waals surface area contributed by atoms with Gasteiger partial charge < -0.3 is 9.47 Å². The minimum atomic E-state index is 0.506. The average Bonchev–Trinajstić information content (AvgIpc) is 3.30. The summed E-state index contributed by atoms with van der Waals surface area (Å²) in [5.74, 6) is 9.83. The normalized spacial score (nSPS) is 78.2. The number of hydrogen-bond donors (Lipinski definition) is 0. The van der Waals surface area contributed by atoms with Crippen molar-refractivity contribution >= 4 is 0 Å². The maximum atomic E-state index is 6.62. The molecule has 0 spiro atoms.